The molecule has 0 bridgehead atoms. The van der Waals surface area contributed by atoms with Crippen LogP contribution in [0.15, 0.2) is 12.1 Å². The maximum Gasteiger partial charge on any atom is 0.273 e. The first kappa shape index (κ1) is 10.6. The fraction of sp³-hybridized carbons (Fsp3) is 0.364. The van der Waals surface area contributed by atoms with Crippen LogP contribution in [0.3, 0.4) is 0 Å². The maximum atomic E-state index is 11.2. The van der Waals surface area contributed by atoms with Crippen LogP contribution in [0.2, 0.25) is 0 Å². The Kier molecular flexibility index (Phi) is 2.38. The molecule has 0 unspecified atom stereocenters. The van der Waals surface area contributed by atoms with Gasteiger partial charge in [-0.15, -0.1) is 0 Å². The molecule has 2 rings (SSSR count). The van der Waals surface area contributed by atoms with E-state index in [9.17, 15) is 14.9 Å². The molecule has 0 spiro atoms. The fourth-order valence-electron chi connectivity index (χ4n) is 1.90. The number of rotatable bonds is 2. The van der Waals surface area contributed by atoms with Crippen LogP contribution in [0.5, 0.6) is 0 Å². The van der Waals surface area contributed by atoms with Crippen molar-refractivity contribution < 1.29 is 9.72 Å². The lowest BCUT2D eigenvalue weighted by Crippen LogP contribution is -2.03. The minimum atomic E-state index is -0.390. The second-order valence-corrected chi connectivity index (χ2v) is 4.20. The van der Waals surface area contributed by atoms with E-state index in [4.69, 9.17) is 0 Å². The van der Waals surface area contributed by atoms with E-state index in [-0.39, 0.29) is 23.9 Å². The van der Waals surface area contributed by atoms with Gasteiger partial charge in [-0.05, 0) is 17.5 Å². The van der Waals surface area contributed by atoms with Crippen molar-refractivity contribution in [3.8, 4) is 0 Å². The van der Waals surface area contributed by atoms with E-state index in [0.29, 0.717) is 16.8 Å². The summed E-state index contributed by atoms with van der Waals surface area (Å²) in [6.45, 7) is 3.79. The predicted octanol–water partition coefficient (Wildman–Crippen LogP) is 2.21. The standard InChI is InChI=1S/C11H12N2O3/c1-6(2)8-5-9-7(4-11(14)12-9)3-10(8)13(15)16/h3,5-6H,4H2,1-2H3,(H,12,14). The van der Waals surface area contributed by atoms with Gasteiger partial charge in [0.05, 0.1) is 11.3 Å². The van der Waals surface area contributed by atoms with Crippen LogP contribution >= 0.6 is 0 Å². The van der Waals surface area contributed by atoms with Gasteiger partial charge >= 0.3 is 0 Å². The Morgan fingerprint density at radius 2 is 2.12 bits per heavy atom. The van der Waals surface area contributed by atoms with Gasteiger partial charge < -0.3 is 5.32 Å². The van der Waals surface area contributed by atoms with Crippen molar-refractivity contribution in [2.24, 2.45) is 0 Å². The molecule has 1 aliphatic rings. The zero-order chi connectivity index (χ0) is 11.9. The first-order chi connectivity index (χ1) is 7.49. The molecule has 1 heterocycles. The van der Waals surface area contributed by atoms with Crippen molar-refractivity contribution in [3.63, 3.8) is 0 Å². The number of amides is 1. The highest BCUT2D eigenvalue weighted by molar-refractivity contribution is 5.99. The first-order valence-electron chi connectivity index (χ1n) is 5.10. The molecule has 84 valence electrons. The molecule has 1 aliphatic heterocycles. The molecular formula is C11H12N2O3. The highest BCUT2D eigenvalue weighted by Crippen LogP contribution is 2.34. The molecule has 1 N–H and O–H groups in total. The molecule has 5 heteroatoms. The van der Waals surface area contributed by atoms with Crippen molar-refractivity contribution in [2.75, 3.05) is 5.32 Å². The van der Waals surface area contributed by atoms with E-state index in [1.54, 1.807) is 6.07 Å². The van der Waals surface area contributed by atoms with Gasteiger partial charge in [-0.3, -0.25) is 14.9 Å². The highest BCUT2D eigenvalue weighted by atomic mass is 16.6. The van der Waals surface area contributed by atoms with Gasteiger partial charge in [0, 0.05) is 17.3 Å². The molecule has 1 amide bonds. The average molecular weight is 220 g/mol. The molecule has 0 aromatic heterocycles. The Labute approximate surface area is 92.6 Å². The van der Waals surface area contributed by atoms with Gasteiger partial charge in [-0.25, -0.2) is 0 Å². The zero-order valence-corrected chi connectivity index (χ0v) is 9.11. The van der Waals surface area contributed by atoms with Crippen LogP contribution in [0.4, 0.5) is 11.4 Å². The summed E-state index contributed by atoms with van der Waals surface area (Å²) in [5, 5.41) is 13.6. The van der Waals surface area contributed by atoms with Crippen molar-refractivity contribution >= 4 is 17.3 Å². The van der Waals surface area contributed by atoms with Crippen molar-refractivity contribution in [1.29, 1.82) is 0 Å². The number of nitro groups is 1. The van der Waals surface area contributed by atoms with Crippen LogP contribution in [-0.2, 0) is 11.2 Å². The number of benzene rings is 1. The Hall–Kier alpha value is -1.91. The zero-order valence-electron chi connectivity index (χ0n) is 9.11. The third-order valence-corrected chi connectivity index (χ3v) is 2.70. The lowest BCUT2D eigenvalue weighted by molar-refractivity contribution is -0.385. The molecule has 0 fully saturated rings. The molecule has 0 saturated carbocycles. The molecular weight excluding hydrogens is 208 g/mol. The van der Waals surface area contributed by atoms with E-state index < -0.39 is 4.92 Å². The van der Waals surface area contributed by atoms with Gasteiger partial charge in [-0.1, -0.05) is 13.8 Å². The quantitative estimate of drug-likeness (QED) is 0.613. The summed E-state index contributed by atoms with van der Waals surface area (Å²) in [6.07, 6.45) is 0.231. The van der Waals surface area contributed by atoms with Gasteiger partial charge in [0.15, 0.2) is 0 Å². The topological polar surface area (TPSA) is 72.2 Å². The van der Waals surface area contributed by atoms with Crippen LogP contribution in [-0.4, -0.2) is 10.8 Å². The molecule has 16 heavy (non-hydrogen) atoms. The number of carbonyl (C=O) groups is 1. The molecule has 0 atom stereocenters. The van der Waals surface area contributed by atoms with Crippen LogP contribution < -0.4 is 5.32 Å². The number of fused-ring (bicyclic) bond motifs is 1. The number of nitro benzene ring substituents is 1. The van der Waals surface area contributed by atoms with E-state index in [1.807, 2.05) is 13.8 Å². The van der Waals surface area contributed by atoms with Crippen molar-refractivity contribution in [1.82, 2.24) is 0 Å². The lowest BCUT2D eigenvalue weighted by Gasteiger charge is -2.08. The van der Waals surface area contributed by atoms with Gasteiger partial charge in [0.1, 0.15) is 0 Å². The molecule has 1 aromatic carbocycles. The Bertz CT molecular complexity index is 480. The van der Waals surface area contributed by atoms with Crippen LogP contribution in [0, 0.1) is 10.1 Å². The summed E-state index contributed by atoms with van der Waals surface area (Å²) >= 11 is 0. The summed E-state index contributed by atoms with van der Waals surface area (Å²) in [5.74, 6) is -0.0478. The predicted molar refractivity (Wildman–Crippen MR) is 59.5 cm³/mol. The summed E-state index contributed by atoms with van der Waals surface area (Å²) in [6, 6.07) is 3.21. The number of nitrogens with one attached hydrogen (secondary N) is 1. The number of hydrogen-bond acceptors (Lipinski definition) is 3. The Morgan fingerprint density at radius 1 is 1.44 bits per heavy atom. The van der Waals surface area contributed by atoms with Gasteiger partial charge in [-0.2, -0.15) is 0 Å². The number of carbonyl (C=O) groups excluding carboxylic acids is 1. The highest BCUT2D eigenvalue weighted by Gasteiger charge is 2.25. The monoisotopic (exact) mass is 220 g/mol. The van der Waals surface area contributed by atoms with Gasteiger partial charge in [0.25, 0.3) is 5.69 Å². The van der Waals surface area contributed by atoms with Crippen molar-refractivity contribution in [2.45, 2.75) is 26.2 Å². The third-order valence-electron chi connectivity index (χ3n) is 2.70. The Morgan fingerprint density at radius 3 is 2.69 bits per heavy atom. The third kappa shape index (κ3) is 1.64. The van der Waals surface area contributed by atoms with E-state index in [0.717, 1.165) is 0 Å². The summed E-state index contributed by atoms with van der Waals surface area (Å²) in [4.78, 5) is 21.7. The van der Waals surface area contributed by atoms with Gasteiger partial charge in [0.2, 0.25) is 5.91 Å². The van der Waals surface area contributed by atoms with Crippen LogP contribution in [0.25, 0.3) is 0 Å². The van der Waals surface area contributed by atoms with E-state index >= 15 is 0 Å². The molecule has 0 radical (unpaired) electrons. The second-order valence-electron chi connectivity index (χ2n) is 4.20. The van der Waals surface area contributed by atoms with Crippen molar-refractivity contribution in [3.05, 3.63) is 33.4 Å². The Balaban J connectivity index is 2.58. The summed E-state index contributed by atoms with van der Waals surface area (Å²) in [7, 11) is 0. The van der Waals surface area contributed by atoms with E-state index in [2.05, 4.69) is 5.32 Å². The lowest BCUT2D eigenvalue weighted by atomic mass is 9.98. The minimum absolute atomic E-state index is 0.0585. The first-order valence-corrected chi connectivity index (χ1v) is 5.10. The molecule has 0 aliphatic carbocycles. The maximum absolute atomic E-state index is 11.2. The molecule has 0 saturated heterocycles. The fourth-order valence-corrected chi connectivity index (χ4v) is 1.90. The molecule has 5 nitrogen and oxygen atoms in total. The minimum Gasteiger partial charge on any atom is -0.326 e. The smallest absolute Gasteiger partial charge is 0.273 e. The van der Waals surface area contributed by atoms with E-state index in [1.165, 1.54) is 6.07 Å². The number of nitrogens with zero attached hydrogens (tertiary/aromatic N) is 1. The average Bonchev–Trinajstić information content (AvgIpc) is 2.54. The van der Waals surface area contributed by atoms with Crippen LogP contribution in [0.1, 0.15) is 30.9 Å². The SMILES string of the molecule is CC(C)c1cc2c(cc1[N+](=O)[O-])CC(=O)N2. The number of anilines is 1. The number of hydrogen-bond donors (Lipinski definition) is 1. The largest absolute Gasteiger partial charge is 0.326 e. The summed E-state index contributed by atoms with van der Waals surface area (Å²) < 4.78 is 0. The molecule has 1 aromatic rings. The second kappa shape index (κ2) is 3.59. The summed E-state index contributed by atoms with van der Waals surface area (Å²) in [5.41, 5.74) is 2.18. The normalized spacial score (nSPS) is 13.8.